The average molecular weight is 208 g/mol. The van der Waals surface area contributed by atoms with Gasteiger partial charge >= 0.3 is 0 Å². The lowest BCUT2D eigenvalue weighted by Gasteiger charge is -2.24. The van der Waals surface area contributed by atoms with Gasteiger partial charge in [-0.2, -0.15) is 11.8 Å². The van der Waals surface area contributed by atoms with Crippen molar-refractivity contribution >= 4 is 11.8 Å². The van der Waals surface area contributed by atoms with E-state index in [1.807, 2.05) is 11.8 Å². The molecule has 0 saturated carbocycles. The fraction of sp³-hybridized carbons (Fsp3) is 0.500. The molecule has 76 valence electrons. The second-order valence-corrected chi connectivity index (χ2v) is 5.00. The van der Waals surface area contributed by atoms with E-state index in [0.717, 1.165) is 24.9 Å². The van der Waals surface area contributed by atoms with Crippen LogP contribution in [0.15, 0.2) is 30.3 Å². The second-order valence-electron chi connectivity index (χ2n) is 3.59. The Morgan fingerprint density at radius 2 is 2.07 bits per heavy atom. The van der Waals surface area contributed by atoms with Gasteiger partial charge in [-0.25, -0.2) is 0 Å². The highest BCUT2D eigenvalue weighted by molar-refractivity contribution is 8.01. The molecule has 1 saturated heterocycles. The molecule has 0 aliphatic carbocycles. The van der Waals surface area contributed by atoms with Crippen molar-refractivity contribution in [3.8, 4) is 0 Å². The molecule has 1 aromatic carbocycles. The molecule has 14 heavy (non-hydrogen) atoms. The lowest BCUT2D eigenvalue weighted by molar-refractivity contribution is 0.135. The summed E-state index contributed by atoms with van der Waals surface area (Å²) in [5.41, 5.74) is 1.37. The largest absolute Gasteiger partial charge is 0.380 e. The van der Waals surface area contributed by atoms with Crippen LogP contribution in [0.4, 0.5) is 0 Å². The summed E-state index contributed by atoms with van der Waals surface area (Å²) in [6, 6.07) is 10.5. The Balaban J connectivity index is 1.58. The molecule has 2 rings (SSSR count). The summed E-state index contributed by atoms with van der Waals surface area (Å²) in [5.74, 6) is 1.33. The summed E-state index contributed by atoms with van der Waals surface area (Å²) in [7, 11) is 0. The SMILES string of the molecule is c1ccc(CCOCC2CCS2)cc1. The maximum atomic E-state index is 5.62. The summed E-state index contributed by atoms with van der Waals surface area (Å²) in [6.45, 7) is 1.80. The van der Waals surface area contributed by atoms with E-state index in [1.54, 1.807) is 0 Å². The number of hydrogen-bond donors (Lipinski definition) is 0. The topological polar surface area (TPSA) is 9.23 Å². The van der Waals surface area contributed by atoms with Crippen LogP contribution in [0.1, 0.15) is 12.0 Å². The normalized spacial score (nSPS) is 20.4. The highest BCUT2D eigenvalue weighted by Gasteiger charge is 2.17. The Hall–Kier alpha value is -0.470. The Morgan fingerprint density at radius 3 is 2.71 bits per heavy atom. The van der Waals surface area contributed by atoms with Crippen molar-refractivity contribution in [1.82, 2.24) is 0 Å². The summed E-state index contributed by atoms with van der Waals surface area (Å²) in [4.78, 5) is 0. The summed E-state index contributed by atoms with van der Waals surface area (Å²) in [6.07, 6.45) is 2.38. The number of rotatable bonds is 5. The third kappa shape index (κ3) is 3.03. The molecule has 1 atom stereocenters. The van der Waals surface area contributed by atoms with Crippen molar-refractivity contribution in [2.24, 2.45) is 0 Å². The van der Waals surface area contributed by atoms with Crippen LogP contribution < -0.4 is 0 Å². The zero-order valence-electron chi connectivity index (χ0n) is 8.32. The maximum absolute atomic E-state index is 5.62. The van der Waals surface area contributed by atoms with Gasteiger partial charge in [-0.3, -0.25) is 0 Å². The van der Waals surface area contributed by atoms with Crippen LogP contribution in [0.5, 0.6) is 0 Å². The first-order valence-electron chi connectivity index (χ1n) is 5.18. The summed E-state index contributed by atoms with van der Waals surface area (Å²) in [5, 5.41) is 0.783. The van der Waals surface area contributed by atoms with E-state index in [-0.39, 0.29) is 0 Å². The average Bonchev–Trinajstić information content (AvgIpc) is 2.16. The van der Waals surface area contributed by atoms with E-state index in [9.17, 15) is 0 Å². The number of thioether (sulfide) groups is 1. The Kier molecular flexibility index (Phi) is 3.90. The first-order valence-corrected chi connectivity index (χ1v) is 6.23. The molecule has 1 heterocycles. The summed E-state index contributed by atoms with van der Waals surface area (Å²) >= 11 is 2.03. The van der Waals surface area contributed by atoms with Crippen molar-refractivity contribution in [2.75, 3.05) is 19.0 Å². The van der Waals surface area contributed by atoms with E-state index in [2.05, 4.69) is 30.3 Å². The van der Waals surface area contributed by atoms with Crippen molar-refractivity contribution in [2.45, 2.75) is 18.1 Å². The molecule has 0 aromatic heterocycles. The second kappa shape index (κ2) is 5.42. The third-order valence-corrected chi connectivity index (χ3v) is 3.79. The minimum Gasteiger partial charge on any atom is -0.380 e. The van der Waals surface area contributed by atoms with Crippen LogP contribution in [-0.2, 0) is 11.2 Å². The molecule has 0 radical (unpaired) electrons. The van der Waals surface area contributed by atoms with Gasteiger partial charge in [0.05, 0.1) is 13.2 Å². The summed E-state index contributed by atoms with van der Waals surface area (Å²) < 4.78 is 5.62. The number of benzene rings is 1. The number of hydrogen-bond acceptors (Lipinski definition) is 2. The van der Waals surface area contributed by atoms with E-state index in [4.69, 9.17) is 4.74 Å². The molecule has 0 bridgehead atoms. The van der Waals surface area contributed by atoms with E-state index >= 15 is 0 Å². The van der Waals surface area contributed by atoms with Gasteiger partial charge in [-0.1, -0.05) is 30.3 Å². The van der Waals surface area contributed by atoms with E-state index in [0.29, 0.717) is 0 Å². The molecule has 0 N–H and O–H groups in total. The van der Waals surface area contributed by atoms with Crippen LogP contribution in [-0.4, -0.2) is 24.2 Å². The Bertz CT molecular complexity index is 256. The molecule has 1 nitrogen and oxygen atoms in total. The molecule has 1 aromatic rings. The van der Waals surface area contributed by atoms with Crippen LogP contribution in [0.25, 0.3) is 0 Å². The third-order valence-electron chi connectivity index (χ3n) is 2.48. The van der Waals surface area contributed by atoms with Gasteiger partial charge in [0.1, 0.15) is 0 Å². The minimum atomic E-state index is 0.783. The molecule has 0 amide bonds. The van der Waals surface area contributed by atoms with Crippen molar-refractivity contribution in [3.05, 3.63) is 35.9 Å². The van der Waals surface area contributed by atoms with E-state index in [1.165, 1.54) is 17.7 Å². The minimum absolute atomic E-state index is 0.783. The fourth-order valence-corrected chi connectivity index (χ4v) is 2.23. The van der Waals surface area contributed by atoms with Gasteiger partial charge in [-0.15, -0.1) is 0 Å². The fourth-order valence-electron chi connectivity index (χ4n) is 1.47. The zero-order chi connectivity index (χ0) is 9.64. The van der Waals surface area contributed by atoms with Crippen LogP contribution in [0.3, 0.4) is 0 Å². The standard InChI is InChI=1S/C12H16OS/c1-2-4-11(5-3-1)6-8-13-10-12-7-9-14-12/h1-5,12H,6-10H2. The lowest BCUT2D eigenvalue weighted by atomic mass is 10.2. The van der Waals surface area contributed by atoms with Crippen molar-refractivity contribution in [3.63, 3.8) is 0 Å². The van der Waals surface area contributed by atoms with Gasteiger partial charge in [0.15, 0.2) is 0 Å². The highest BCUT2D eigenvalue weighted by atomic mass is 32.2. The van der Waals surface area contributed by atoms with Crippen molar-refractivity contribution < 1.29 is 4.74 Å². The van der Waals surface area contributed by atoms with E-state index < -0.39 is 0 Å². The molecule has 1 aliphatic heterocycles. The zero-order valence-corrected chi connectivity index (χ0v) is 9.13. The molecule has 1 unspecified atom stereocenters. The molecule has 1 aliphatic rings. The maximum Gasteiger partial charge on any atom is 0.0585 e. The quantitative estimate of drug-likeness (QED) is 0.688. The first-order chi connectivity index (χ1) is 6.95. The van der Waals surface area contributed by atoms with Crippen molar-refractivity contribution in [1.29, 1.82) is 0 Å². The molecular formula is C12H16OS. The van der Waals surface area contributed by atoms with Gasteiger partial charge in [0.2, 0.25) is 0 Å². The first kappa shape index (κ1) is 10.1. The predicted octanol–water partition coefficient (Wildman–Crippen LogP) is 2.75. The Labute approximate surface area is 89.9 Å². The smallest absolute Gasteiger partial charge is 0.0585 e. The lowest BCUT2D eigenvalue weighted by Crippen LogP contribution is -2.22. The Morgan fingerprint density at radius 1 is 1.29 bits per heavy atom. The molecular weight excluding hydrogens is 192 g/mol. The molecule has 1 fully saturated rings. The molecule has 2 heteroatoms. The molecule has 0 spiro atoms. The predicted molar refractivity (Wildman–Crippen MR) is 61.8 cm³/mol. The highest BCUT2D eigenvalue weighted by Crippen LogP contribution is 2.27. The van der Waals surface area contributed by atoms with Gasteiger partial charge in [-0.05, 0) is 24.2 Å². The number of ether oxygens (including phenoxy) is 1. The van der Waals surface area contributed by atoms with Crippen LogP contribution in [0, 0.1) is 0 Å². The monoisotopic (exact) mass is 208 g/mol. The van der Waals surface area contributed by atoms with Crippen LogP contribution in [0.2, 0.25) is 0 Å². The van der Waals surface area contributed by atoms with Gasteiger partial charge < -0.3 is 4.74 Å². The van der Waals surface area contributed by atoms with Gasteiger partial charge in [0, 0.05) is 5.25 Å². The van der Waals surface area contributed by atoms with Gasteiger partial charge in [0.25, 0.3) is 0 Å². The van der Waals surface area contributed by atoms with Crippen LogP contribution >= 0.6 is 11.8 Å².